The Balaban J connectivity index is 1.50. The Labute approximate surface area is 125 Å². The van der Waals surface area contributed by atoms with Crippen molar-refractivity contribution in [2.75, 3.05) is 19.6 Å². The van der Waals surface area contributed by atoms with Crippen LogP contribution >= 0.6 is 11.3 Å². The summed E-state index contributed by atoms with van der Waals surface area (Å²) in [6.45, 7) is 10.5. The third kappa shape index (κ3) is 2.91. The minimum Gasteiger partial charge on any atom is -0.339 e. The second kappa shape index (κ2) is 5.15. The van der Waals surface area contributed by atoms with E-state index in [0.717, 1.165) is 26.2 Å². The van der Waals surface area contributed by atoms with Crippen molar-refractivity contribution >= 4 is 17.2 Å². The number of carbonyl (C=O) groups is 1. The molecule has 0 aliphatic carbocycles. The van der Waals surface area contributed by atoms with Crippen LogP contribution in [-0.4, -0.2) is 41.4 Å². The number of likely N-dealkylation sites (tertiary alicyclic amines) is 1. The minimum absolute atomic E-state index is 0.0961. The average molecular weight is 292 g/mol. The largest absolute Gasteiger partial charge is 0.339 e. The highest BCUT2D eigenvalue weighted by Gasteiger charge is 2.36. The van der Waals surface area contributed by atoms with Crippen LogP contribution in [0, 0.1) is 5.41 Å². The Hall–Kier alpha value is -0.870. The number of fused-ring (bicyclic) bond motifs is 1. The normalized spacial score (nSPS) is 20.6. The van der Waals surface area contributed by atoms with E-state index in [1.807, 2.05) is 16.2 Å². The highest BCUT2D eigenvalue weighted by atomic mass is 32.1. The predicted molar refractivity (Wildman–Crippen MR) is 82.9 cm³/mol. The van der Waals surface area contributed by atoms with Gasteiger partial charge in [-0.3, -0.25) is 9.69 Å². The van der Waals surface area contributed by atoms with Gasteiger partial charge in [0.2, 0.25) is 5.91 Å². The lowest BCUT2D eigenvalue weighted by Crippen LogP contribution is -2.61. The summed E-state index contributed by atoms with van der Waals surface area (Å²) in [6.07, 6.45) is 1.84. The molecule has 0 radical (unpaired) electrons. The molecule has 1 aromatic rings. The van der Waals surface area contributed by atoms with Crippen LogP contribution in [0.25, 0.3) is 0 Å². The van der Waals surface area contributed by atoms with Crippen molar-refractivity contribution in [3.8, 4) is 0 Å². The summed E-state index contributed by atoms with van der Waals surface area (Å²) in [5.41, 5.74) is 1.60. The average Bonchev–Trinajstić information content (AvgIpc) is 2.71. The molecule has 2 aliphatic rings. The van der Waals surface area contributed by atoms with Gasteiger partial charge in [0.25, 0.3) is 0 Å². The molecule has 0 aromatic carbocycles. The first-order valence-electron chi connectivity index (χ1n) is 7.49. The fourth-order valence-electron chi connectivity index (χ4n) is 3.04. The molecule has 1 amide bonds. The van der Waals surface area contributed by atoms with Crippen molar-refractivity contribution in [1.29, 1.82) is 0 Å². The minimum atomic E-state index is 0.0961. The molecule has 0 spiro atoms. The summed E-state index contributed by atoms with van der Waals surface area (Å²) >= 11 is 1.89. The summed E-state index contributed by atoms with van der Waals surface area (Å²) in [5, 5.41) is 2.20. The van der Waals surface area contributed by atoms with Gasteiger partial charge in [-0.15, -0.1) is 11.3 Å². The first kappa shape index (κ1) is 14.1. The molecule has 3 heterocycles. The maximum absolute atomic E-state index is 12.1. The summed E-state index contributed by atoms with van der Waals surface area (Å²) in [4.78, 5) is 18.3. The lowest BCUT2D eigenvalue weighted by atomic mass is 9.90. The Morgan fingerprint density at radius 2 is 2.15 bits per heavy atom. The summed E-state index contributed by atoms with van der Waals surface area (Å²) in [5.74, 6) is 0.321. The van der Waals surface area contributed by atoms with Crippen molar-refractivity contribution < 1.29 is 4.79 Å². The van der Waals surface area contributed by atoms with Gasteiger partial charge in [-0.1, -0.05) is 20.8 Å². The number of carbonyl (C=O) groups excluding carboxylic acids is 1. The lowest BCUT2D eigenvalue weighted by Gasteiger charge is -2.47. The number of nitrogens with zero attached hydrogens (tertiary/aromatic N) is 2. The van der Waals surface area contributed by atoms with Gasteiger partial charge in [-0.25, -0.2) is 0 Å². The van der Waals surface area contributed by atoms with E-state index in [0.29, 0.717) is 18.4 Å². The van der Waals surface area contributed by atoms with Gasteiger partial charge in [0, 0.05) is 43.5 Å². The van der Waals surface area contributed by atoms with Crippen molar-refractivity contribution in [1.82, 2.24) is 9.80 Å². The number of amides is 1. The van der Waals surface area contributed by atoms with Gasteiger partial charge in [0.15, 0.2) is 0 Å². The Morgan fingerprint density at radius 3 is 2.85 bits per heavy atom. The van der Waals surface area contributed by atoms with Crippen molar-refractivity contribution in [3.63, 3.8) is 0 Å². The van der Waals surface area contributed by atoms with Crippen LogP contribution in [0.1, 0.15) is 37.6 Å². The van der Waals surface area contributed by atoms with Gasteiger partial charge < -0.3 is 4.90 Å². The van der Waals surface area contributed by atoms with Crippen molar-refractivity contribution in [3.05, 3.63) is 21.9 Å². The molecule has 20 heavy (non-hydrogen) atoms. The molecule has 3 nitrogen and oxygen atoms in total. The highest BCUT2D eigenvalue weighted by Crippen LogP contribution is 2.29. The number of thiophene rings is 1. The Bertz CT molecular complexity index is 497. The zero-order valence-electron chi connectivity index (χ0n) is 12.7. The quantitative estimate of drug-likeness (QED) is 0.837. The molecule has 0 unspecified atom stereocenters. The zero-order valence-corrected chi connectivity index (χ0v) is 13.5. The van der Waals surface area contributed by atoms with E-state index in [2.05, 4.69) is 37.1 Å². The molecule has 4 heteroatoms. The van der Waals surface area contributed by atoms with Crippen LogP contribution in [0.15, 0.2) is 11.4 Å². The molecule has 0 N–H and O–H groups in total. The molecule has 1 saturated heterocycles. The molecule has 3 rings (SSSR count). The maximum Gasteiger partial charge on any atom is 0.223 e. The SMILES string of the molecule is CC(C)(C)CC(=O)N1CC(N2CCc3sccc3C2)C1. The van der Waals surface area contributed by atoms with Gasteiger partial charge >= 0.3 is 0 Å². The van der Waals surface area contributed by atoms with Gasteiger partial charge in [-0.2, -0.15) is 0 Å². The van der Waals surface area contributed by atoms with E-state index >= 15 is 0 Å². The molecule has 1 fully saturated rings. The van der Waals surface area contributed by atoms with Crippen LogP contribution in [0.2, 0.25) is 0 Å². The lowest BCUT2D eigenvalue weighted by molar-refractivity contribution is -0.140. The van der Waals surface area contributed by atoms with Crippen molar-refractivity contribution in [2.45, 2.75) is 46.2 Å². The van der Waals surface area contributed by atoms with Gasteiger partial charge in [0.05, 0.1) is 0 Å². The Kier molecular flexibility index (Phi) is 3.63. The van der Waals surface area contributed by atoms with Crippen LogP contribution < -0.4 is 0 Å². The van der Waals surface area contributed by atoms with Crippen LogP contribution in [0.5, 0.6) is 0 Å². The number of hydrogen-bond donors (Lipinski definition) is 0. The summed E-state index contributed by atoms with van der Waals surface area (Å²) in [7, 11) is 0. The smallest absolute Gasteiger partial charge is 0.223 e. The van der Waals surface area contributed by atoms with Crippen molar-refractivity contribution in [2.24, 2.45) is 5.41 Å². The first-order valence-corrected chi connectivity index (χ1v) is 8.37. The molecule has 0 atom stereocenters. The van der Waals surface area contributed by atoms with Crippen LogP contribution in [-0.2, 0) is 17.8 Å². The molecule has 2 aliphatic heterocycles. The van der Waals surface area contributed by atoms with Gasteiger partial charge in [-0.05, 0) is 28.8 Å². The first-order chi connectivity index (χ1) is 9.42. The van der Waals surface area contributed by atoms with Crippen LogP contribution in [0.4, 0.5) is 0 Å². The van der Waals surface area contributed by atoms with E-state index in [-0.39, 0.29) is 5.41 Å². The third-order valence-corrected chi connectivity index (χ3v) is 5.27. The molecule has 1 aromatic heterocycles. The summed E-state index contributed by atoms with van der Waals surface area (Å²) < 4.78 is 0. The molecular formula is C16H24N2OS. The molecule has 0 saturated carbocycles. The second-order valence-electron chi connectivity index (χ2n) is 7.28. The third-order valence-electron chi connectivity index (χ3n) is 4.25. The number of hydrogen-bond acceptors (Lipinski definition) is 3. The number of rotatable bonds is 2. The zero-order chi connectivity index (χ0) is 14.3. The molecule has 110 valence electrons. The molecule has 0 bridgehead atoms. The fourth-order valence-corrected chi connectivity index (χ4v) is 3.93. The Morgan fingerprint density at radius 1 is 1.40 bits per heavy atom. The van der Waals surface area contributed by atoms with E-state index in [1.165, 1.54) is 12.0 Å². The fraction of sp³-hybridized carbons (Fsp3) is 0.688. The van der Waals surface area contributed by atoms with Gasteiger partial charge in [0.1, 0.15) is 0 Å². The second-order valence-corrected chi connectivity index (χ2v) is 8.28. The topological polar surface area (TPSA) is 23.6 Å². The van der Waals surface area contributed by atoms with E-state index in [9.17, 15) is 4.79 Å². The van der Waals surface area contributed by atoms with E-state index < -0.39 is 0 Å². The van der Waals surface area contributed by atoms with E-state index in [1.54, 1.807) is 4.88 Å². The van der Waals surface area contributed by atoms with Crippen LogP contribution in [0.3, 0.4) is 0 Å². The summed E-state index contributed by atoms with van der Waals surface area (Å²) in [6, 6.07) is 2.83. The monoisotopic (exact) mass is 292 g/mol. The van der Waals surface area contributed by atoms with E-state index in [4.69, 9.17) is 0 Å². The highest BCUT2D eigenvalue weighted by molar-refractivity contribution is 7.10. The standard InChI is InChI=1S/C16H24N2OS/c1-16(2,3)8-15(19)18-10-13(11-18)17-6-4-14-12(9-17)5-7-20-14/h5,7,13H,4,6,8-11H2,1-3H3. The maximum atomic E-state index is 12.1. The molecular weight excluding hydrogens is 268 g/mol. The predicted octanol–water partition coefficient (Wildman–Crippen LogP) is 2.75.